The van der Waals surface area contributed by atoms with Gasteiger partial charge in [-0.15, -0.1) is 10.2 Å². The summed E-state index contributed by atoms with van der Waals surface area (Å²) < 4.78 is 0.603. The number of rotatable bonds is 7. The van der Waals surface area contributed by atoms with E-state index in [4.69, 9.17) is 11.6 Å². The second-order valence-corrected chi connectivity index (χ2v) is 8.03. The Balaban J connectivity index is 1.46. The molecular weight excluding hydrogens is 404 g/mol. The van der Waals surface area contributed by atoms with E-state index in [0.29, 0.717) is 26.6 Å². The van der Waals surface area contributed by atoms with Crippen LogP contribution in [0, 0.1) is 0 Å². The van der Waals surface area contributed by atoms with Crippen molar-refractivity contribution in [3.05, 3.63) is 70.7 Å². The highest BCUT2D eigenvalue weighted by Crippen LogP contribution is 2.25. The average Bonchev–Trinajstić information content (AvgIpc) is 3.13. The second-order valence-electron chi connectivity index (χ2n) is 5.39. The van der Waals surface area contributed by atoms with E-state index in [2.05, 4.69) is 20.8 Å². The van der Waals surface area contributed by atoms with Crippen LogP contribution in [0.5, 0.6) is 0 Å². The summed E-state index contributed by atoms with van der Waals surface area (Å²) in [5, 5.41) is 14.3. The quantitative estimate of drug-likeness (QED) is 0.449. The highest BCUT2D eigenvalue weighted by Gasteiger charge is 2.12. The maximum atomic E-state index is 12.2. The minimum Gasteiger partial charge on any atom is -0.351 e. The fourth-order valence-electron chi connectivity index (χ4n) is 2.09. The third-order valence-electron chi connectivity index (χ3n) is 3.37. The molecule has 0 fully saturated rings. The number of benzene rings is 2. The van der Waals surface area contributed by atoms with Gasteiger partial charge in [0.2, 0.25) is 11.0 Å². The van der Waals surface area contributed by atoms with E-state index in [1.54, 1.807) is 24.3 Å². The Hall–Kier alpha value is -2.42. The number of amides is 2. The molecule has 27 heavy (non-hydrogen) atoms. The molecule has 0 aliphatic heterocycles. The summed E-state index contributed by atoms with van der Waals surface area (Å²) in [6, 6.07) is 16.3. The number of carbonyl (C=O) groups excluding carboxylic acids is 2. The molecule has 0 spiro atoms. The standard InChI is InChI=1S/C18H15ClN4O2S2/c19-14-8-4-7-13(9-14)16(25)21-17-22-23-18(27-17)26-11-15(24)20-10-12-5-2-1-3-6-12/h1-9H,10-11H2,(H,20,24)(H,21,22,25). The summed E-state index contributed by atoms with van der Waals surface area (Å²) in [5.41, 5.74) is 1.48. The van der Waals surface area contributed by atoms with Crippen molar-refractivity contribution < 1.29 is 9.59 Å². The molecule has 0 radical (unpaired) electrons. The number of hydrogen-bond acceptors (Lipinski definition) is 6. The van der Waals surface area contributed by atoms with Gasteiger partial charge in [-0.1, -0.05) is 71.1 Å². The topological polar surface area (TPSA) is 84.0 Å². The van der Waals surface area contributed by atoms with Gasteiger partial charge in [0, 0.05) is 17.1 Å². The van der Waals surface area contributed by atoms with Gasteiger partial charge in [0.25, 0.3) is 5.91 Å². The highest BCUT2D eigenvalue weighted by molar-refractivity contribution is 8.01. The van der Waals surface area contributed by atoms with Crippen LogP contribution in [0.25, 0.3) is 0 Å². The number of nitrogens with zero attached hydrogens (tertiary/aromatic N) is 2. The summed E-state index contributed by atoms with van der Waals surface area (Å²) in [6.45, 7) is 0.483. The first kappa shape index (κ1) is 19.3. The van der Waals surface area contributed by atoms with E-state index in [1.165, 1.54) is 23.1 Å². The van der Waals surface area contributed by atoms with Gasteiger partial charge in [0.05, 0.1) is 5.75 Å². The normalized spacial score (nSPS) is 10.4. The summed E-state index contributed by atoms with van der Waals surface area (Å²) >= 11 is 8.37. The fraction of sp³-hybridized carbons (Fsp3) is 0.111. The van der Waals surface area contributed by atoms with Crippen LogP contribution in [0.3, 0.4) is 0 Å². The highest BCUT2D eigenvalue weighted by atomic mass is 35.5. The van der Waals surface area contributed by atoms with E-state index in [1.807, 2.05) is 30.3 Å². The Morgan fingerprint density at radius 1 is 1.07 bits per heavy atom. The number of anilines is 1. The lowest BCUT2D eigenvalue weighted by Gasteiger charge is -2.03. The van der Waals surface area contributed by atoms with Gasteiger partial charge in [-0.3, -0.25) is 14.9 Å². The molecule has 1 aromatic heterocycles. The third kappa shape index (κ3) is 6.06. The van der Waals surface area contributed by atoms with Crippen LogP contribution < -0.4 is 10.6 Å². The lowest BCUT2D eigenvalue weighted by molar-refractivity contribution is -0.118. The van der Waals surface area contributed by atoms with Crippen molar-refractivity contribution >= 4 is 51.6 Å². The summed E-state index contributed by atoms with van der Waals surface area (Å²) in [5.74, 6) is -0.182. The average molecular weight is 419 g/mol. The van der Waals surface area contributed by atoms with Crippen molar-refractivity contribution in [1.82, 2.24) is 15.5 Å². The molecule has 0 aliphatic carbocycles. The molecule has 0 saturated heterocycles. The predicted molar refractivity (Wildman–Crippen MR) is 108 cm³/mol. The Kier molecular flexibility index (Phi) is 6.80. The smallest absolute Gasteiger partial charge is 0.257 e. The monoisotopic (exact) mass is 418 g/mol. The molecule has 2 N–H and O–H groups in total. The zero-order valence-corrected chi connectivity index (χ0v) is 16.4. The summed E-state index contributed by atoms with van der Waals surface area (Å²) in [4.78, 5) is 24.1. The molecule has 2 amide bonds. The molecule has 138 valence electrons. The Bertz CT molecular complexity index is 934. The third-order valence-corrected chi connectivity index (χ3v) is 5.58. The van der Waals surface area contributed by atoms with Gasteiger partial charge >= 0.3 is 0 Å². The molecule has 6 nitrogen and oxygen atoms in total. The maximum Gasteiger partial charge on any atom is 0.257 e. The van der Waals surface area contributed by atoms with Crippen LogP contribution in [-0.4, -0.2) is 27.8 Å². The first-order chi connectivity index (χ1) is 13.1. The lowest BCUT2D eigenvalue weighted by Crippen LogP contribution is -2.24. The zero-order chi connectivity index (χ0) is 19.1. The van der Waals surface area contributed by atoms with Crippen molar-refractivity contribution in [2.75, 3.05) is 11.1 Å². The molecule has 3 aromatic rings. The predicted octanol–water partition coefficient (Wildman–Crippen LogP) is 3.85. The molecule has 0 aliphatic rings. The number of halogens is 1. The van der Waals surface area contributed by atoms with E-state index in [0.717, 1.165) is 5.56 Å². The lowest BCUT2D eigenvalue weighted by atomic mass is 10.2. The number of aromatic nitrogens is 2. The molecule has 2 aromatic carbocycles. The SMILES string of the molecule is O=C(CSc1nnc(NC(=O)c2cccc(Cl)c2)s1)NCc1ccccc1. The number of hydrogen-bond donors (Lipinski definition) is 2. The molecule has 0 bridgehead atoms. The first-order valence-electron chi connectivity index (χ1n) is 7.94. The Labute approximate surface area is 169 Å². The molecule has 0 atom stereocenters. The van der Waals surface area contributed by atoms with E-state index >= 15 is 0 Å². The molecule has 1 heterocycles. The van der Waals surface area contributed by atoms with Crippen LogP contribution >= 0.6 is 34.7 Å². The van der Waals surface area contributed by atoms with Gasteiger partial charge < -0.3 is 5.32 Å². The number of carbonyl (C=O) groups is 2. The van der Waals surface area contributed by atoms with Crippen LogP contribution in [-0.2, 0) is 11.3 Å². The van der Waals surface area contributed by atoms with Gasteiger partial charge in [-0.25, -0.2) is 0 Å². The number of thioether (sulfide) groups is 1. The van der Waals surface area contributed by atoms with Gasteiger partial charge in [0.15, 0.2) is 4.34 Å². The Morgan fingerprint density at radius 2 is 1.89 bits per heavy atom. The van der Waals surface area contributed by atoms with Crippen LogP contribution in [0.4, 0.5) is 5.13 Å². The van der Waals surface area contributed by atoms with Gasteiger partial charge in [-0.2, -0.15) is 0 Å². The van der Waals surface area contributed by atoms with Gasteiger partial charge in [0.1, 0.15) is 0 Å². The molecule has 3 rings (SSSR count). The maximum absolute atomic E-state index is 12.2. The fourth-order valence-corrected chi connectivity index (χ4v) is 3.86. The summed E-state index contributed by atoms with van der Waals surface area (Å²) in [7, 11) is 0. The largest absolute Gasteiger partial charge is 0.351 e. The van der Waals surface area contributed by atoms with Crippen molar-refractivity contribution in [3.63, 3.8) is 0 Å². The minimum atomic E-state index is -0.314. The molecule has 9 heteroatoms. The number of nitrogens with one attached hydrogen (secondary N) is 2. The zero-order valence-electron chi connectivity index (χ0n) is 14.0. The Morgan fingerprint density at radius 3 is 2.67 bits per heavy atom. The molecular formula is C18H15ClN4O2S2. The molecule has 0 saturated carbocycles. The van der Waals surface area contributed by atoms with Crippen molar-refractivity contribution in [2.45, 2.75) is 10.9 Å². The second kappa shape index (κ2) is 9.50. The summed E-state index contributed by atoms with van der Waals surface area (Å²) in [6.07, 6.45) is 0. The van der Waals surface area contributed by atoms with E-state index in [-0.39, 0.29) is 17.6 Å². The van der Waals surface area contributed by atoms with Gasteiger partial charge in [-0.05, 0) is 23.8 Å². The van der Waals surface area contributed by atoms with Crippen LogP contribution in [0.2, 0.25) is 5.02 Å². The van der Waals surface area contributed by atoms with Crippen LogP contribution in [0.15, 0.2) is 58.9 Å². The van der Waals surface area contributed by atoms with E-state index in [9.17, 15) is 9.59 Å². The van der Waals surface area contributed by atoms with E-state index < -0.39 is 0 Å². The first-order valence-corrected chi connectivity index (χ1v) is 10.1. The van der Waals surface area contributed by atoms with Crippen molar-refractivity contribution in [2.24, 2.45) is 0 Å². The molecule has 0 unspecified atom stereocenters. The minimum absolute atomic E-state index is 0.0939. The van der Waals surface area contributed by atoms with Crippen LogP contribution in [0.1, 0.15) is 15.9 Å². The van der Waals surface area contributed by atoms with Crippen molar-refractivity contribution in [3.8, 4) is 0 Å². The van der Waals surface area contributed by atoms with Crippen molar-refractivity contribution in [1.29, 1.82) is 0 Å².